The highest BCUT2D eigenvalue weighted by Gasteiger charge is 2.18. The third-order valence-corrected chi connectivity index (χ3v) is 4.32. The average Bonchev–Trinajstić information content (AvgIpc) is 2.54. The highest BCUT2D eigenvalue weighted by molar-refractivity contribution is 5.80. The maximum absolute atomic E-state index is 12.2. The molecule has 1 unspecified atom stereocenters. The van der Waals surface area contributed by atoms with E-state index in [2.05, 4.69) is 12.2 Å². The maximum atomic E-state index is 12.2. The second-order valence-electron chi connectivity index (χ2n) is 5.97. The Morgan fingerprint density at radius 1 is 1.29 bits per heavy atom. The highest BCUT2D eigenvalue weighted by atomic mass is 16.5. The minimum Gasteiger partial charge on any atom is -0.481 e. The number of rotatable bonds is 6. The van der Waals surface area contributed by atoms with Gasteiger partial charge in [-0.05, 0) is 43.7 Å². The molecule has 0 radical (unpaired) electrons. The Bertz CT molecular complexity index is 452. The summed E-state index contributed by atoms with van der Waals surface area (Å²) < 4.78 is 5.83. The lowest BCUT2D eigenvalue weighted by molar-refractivity contribution is -0.127. The SMILES string of the molecule is CCc1ccccc1OC(C)C(=O)NCC1CCCCC1. The van der Waals surface area contributed by atoms with Gasteiger partial charge in [-0.3, -0.25) is 4.79 Å². The molecule has 0 bridgehead atoms. The molecule has 1 aliphatic rings. The fourth-order valence-electron chi connectivity index (χ4n) is 2.93. The van der Waals surface area contributed by atoms with Crippen molar-refractivity contribution in [2.75, 3.05) is 6.54 Å². The molecule has 1 atom stereocenters. The number of hydrogen-bond donors (Lipinski definition) is 1. The predicted octanol–water partition coefficient (Wildman–Crippen LogP) is 3.71. The van der Waals surface area contributed by atoms with E-state index in [1.807, 2.05) is 31.2 Å². The summed E-state index contributed by atoms with van der Waals surface area (Å²) in [5, 5.41) is 3.05. The van der Waals surface area contributed by atoms with Crippen LogP contribution in [0, 0.1) is 5.92 Å². The van der Waals surface area contributed by atoms with E-state index >= 15 is 0 Å². The molecule has 1 fully saturated rings. The second kappa shape index (κ2) is 8.06. The topological polar surface area (TPSA) is 38.3 Å². The van der Waals surface area contributed by atoms with Crippen LogP contribution >= 0.6 is 0 Å². The Morgan fingerprint density at radius 3 is 2.71 bits per heavy atom. The molecule has 3 heteroatoms. The van der Waals surface area contributed by atoms with E-state index in [9.17, 15) is 4.79 Å². The summed E-state index contributed by atoms with van der Waals surface area (Å²) in [4.78, 5) is 12.2. The van der Waals surface area contributed by atoms with Crippen molar-refractivity contribution < 1.29 is 9.53 Å². The fraction of sp³-hybridized carbons (Fsp3) is 0.611. The summed E-state index contributed by atoms with van der Waals surface area (Å²) >= 11 is 0. The predicted molar refractivity (Wildman–Crippen MR) is 85.5 cm³/mol. The number of amides is 1. The molecule has 116 valence electrons. The smallest absolute Gasteiger partial charge is 0.260 e. The van der Waals surface area contributed by atoms with Crippen molar-refractivity contribution in [3.05, 3.63) is 29.8 Å². The third-order valence-electron chi connectivity index (χ3n) is 4.32. The molecular weight excluding hydrogens is 262 g/mol. The minimum absolute atomic E-state index is 0.00789. The molecule has 1 saturated carbocycles. The molecular formula is C18H27NO2. The zero-order chi connectivity index (χ0) is 15.1. The first-order chi connectivity index (χ1) is 10.2. The lowest BCUT2D eigenvalue weighted by Crippen LogP contribution is -2.39. The Balaban J connectivity index is 1.81. The molecule has 1 aromatic carbocycles. The zero-order valence-corrected chi connectivity index (χ0v) is 13.2. The van der Waals surface area contributed by atoms with Crippen molar-refractivity contribution in [1.29, 1.82) is 0 Å². The standard InChI is InChI=1S/C18H27NO2/c1-3-16-11-7-8-12-17(16)21-14(2)18(20)19-13-15-9-5-4-6-10-15/h7-8,11-12,14-15H,3-6,9-10,13H2,1-2H3,(H,19,20). The molecule has 1 aliphatic carbocycles. The molecule has 0 spiro atoms. The number of hydrogen-bond acceptors (Lipinski definition) is 2. The second-order valence-corrected chi connectivity index (χ2v) is 5.97. The Labute approximate surface area is 128 Å². The van der Waals surface area contributed by atoms with Gasteiger partial charge in [-0.25, -0.2) is 0 Å². The van der Waals surface area contributed by atoms with Gasteiger partial charge in [0, 0.05) is 6.54 Å². The number of ether oxygens (including phenoxy) is 1. The van der Waals surface area contributed by atoms with E-state index < -0.39 is 6.10 Å². The van der Waals surface area contributed by atoms with Crippen LogP contribution in [0.5, 0.6) is 5.75 Å². The normalized spacial score (nSPS) is 17.2. The molecule has 1 aromatic rings. The van der Waals surface area contributed by atoms with E-state index in [-0.39, 0.29) is 5.91 Å². The maximum Gasteiger partial charge on any atom is 0.260 e. The van der Waals surface area contributed by atoms with E-state index in [1.54, 1.807) is 0 Å². The molecule has 0 aliphatic heterocycles. The summed E-state index contributed by atoms with van der Waals surface area (Å²) in [6, 6.07) is 7.92. The first-order valence-electron chi connectivity index (χ1n) is 8.23. The van der Waals surface area contributed by atoms with Crippen LogP contribution in [0.1, 0.15) is 51.5 Å². The molecule has 3 nitrogen and oxygen atoms in total. The Hall–Kier alpha value is -1.51. The monoisotopic (exact) mass is 289 g/mol. The summed E-state index contributed by atoms with van der Waals surface area (Å²) in [5.74, 6) is 1.46. The van der Waals surface area contributed by atoms with Crippen LogP contribution in [0.3, 0.4) is 0 Å². The molecule has 2 rings (SSSR count). The summed E-state index contributed by atoms with van der Waals surface area (Å²) in [6.45, 7) is 4.71. The van der Waals surface area contributed by atoms with Crippen molar-refractivity contribution >= 4 is 5.91 Å². The van der Waals surface area contributed by atoms with Gasteiger partial charge in [-0.15, -0.1) is 0 Å². The molecule has 1 amide bonds. The lowest BCUT2D eigenvalue weighted by Gasteiger charge is -2.23. The first-order valence-corrected chi connectivity index (χ1v) is 8.23. The van der Waals surface area contributed by atoms with Gasteiger partial charge in [0.1, 0.15) is 5.75 Å². The van der Waals surface area contributed by atoms with E-state index in [4.69, 9.17) is 4.74 Å². The number of carbonyl (C=O) groups is 1. The van der Waals surface area contributed by atoms with E-state index in [0.29, 0.717) is 5.92 Å². The zero-order valence-electron chi connectivity index (χ0n) is 13.2. The molecule has 0 heterocycles. The van der Waals surface area contributed by atoms with Crippen molar-refractivity contribution in [3.8, 4) is 5.75 Å². The van der Waals surface area contributed by atoms with Crippen LogP contribution in [0.15, 0.2) is 24.3 Å². The molecule has 21 heavy (non-hydrogen) atoms. The summed E-state index contributed by atoms with van der Waals surface area (Å²) in [7, 11) is 0. The van der Waals surface area contributed by atoms with Crippen LogP contribution in [-0.2, 0) is 11.2 Å². The molecule has 0 saturated heterocycles. The van der Waals surface area contributed by atoms with Gasteiger partial charge >= 0.3 is 0 Å². The number of nitrogens with one attached hydrogen (secondary N) is 1. The quantitative estimate of drug-likeness (QED) is 0.867. The van der Waals surface area contributed by atoms with Gasteiger partial charge in [0.05, 0.1) is 0 Å². The minimum atomic E-state index is -0.443. The lowest BCUT2D eigenvalue weighted by atomic mass is 9.89. The Morgan fingerprint density at radius 2 is 2.00 bits per heavy atom. The summed E-state index contributed by atoms with van der Waals surface area (Å²) in [6.07, 6.45) is 6.90. The number of benzene rings is 1. The largest absolute Gasteiger partial charge is 0.481 e. The van der Waals surface area contributed by atoms with Gasteiger partial charge in [-0.2, -0.15) is 0 Å². The Kier molecular flexibility index (Phi) is 6.09. The van der Waals surface area contributed by atoms with Gasteiger partial charge in [-0.1, -0.05) is 44.4 Å². The molecule has 0 aromatic heterocycles. The fourth-order valence-corrected chi connectivity index (χ4v) is 2.93. The third kappa shape index (κ3) is 4.76. The van der Waals surface area contributed by atoms with Gasteiger partial charge < -0.3 is 10.1 Å². The van der Waals surface area contributed by atoms with Gasteiger partial charge in [0.2, 0.25) is 0 Å². The van der Waals surface area contributed by atoms with Crippen LogP contribution in [0.25, 0.3) is 0 Å². The average molecular weight is 289 g/mol. The van der Waals surface area contributed by atoms with Crippen molar-refractivity contribution in [2.45, 2.75) is 58.5 Å². The van der Waals surface area contributed by atoms with E-state index in [0.717, 1.165) is 24.3 Å². The summed E-state index contributed by atoms with van der Waals surface area (Å²) in [5.41, 5.74) is 1.14. The first kappa shape index (κ1) is 15.9. The van der Waals surface area contributed by atoms with Crippen LogP contribution in [0.4, 0.5) is 0 Å². The van der Waals surface area contributed by atoms with Gasteiger partial charge in [0.15, 0.2) is 6.10 Å². The number of carbonyl (C=O) groups excluding carboxylic acids is 1. The van der Waals surface area contributed by atoms with Crippen LogP contribution in [-0.4, -0.2) is 18.6 Å². The number of aryl methyl sites for hydroxylation is 1. The van der Waals surface area contributed by atoms with Crippen molar-refractivity contribution in [2.24, 2.45) is 5.92 Å². The van der Waals surface area contributed by atoms with Crippen molar-refractivity contribution in [1.82, 2.24) is 5.32 Å². The van der Waals surface area contributed by atoms with Gasteiger partial charge in [0.25, 0.3) is 5.91 Å². The molecule has 1 N–H and O–H groups in total. The van der Waals surface area contributed by atoms with Crippen LogP contribution < -0.4 is 10.1 Å². The highest BCUT2D eigenvalue weighted by Crippen LogP contribution is 2.23. The number of para-hydroxylation sites is 1. The van der Waals surface area contributed by atoms with E-state index in [1.165, 1.54) is 32.1 Å². The van der Waals surface area contributed by atoms with Crippen LogP contribution in [0.2, 0.25) is 0 Å². The van der Waals surface area contributed by atoms with Crippen molar-refractivity contribution in [3.63, 3.8) is 0 Å².